The SMILES string of the molecule is CC(Cn1cc(Br)cc1C(=O)O)N(C)C. The van der Waals surface area contributed by atoms with E-state index in [1.807, 2.05) is 14.1 Å². The van der Waals surface area contributed by atoms with Gasteiger partial charge in [-0.1, -0.05) is 0 Å². The van der Waals surface area contributed by atoms with Gasteiger partial charge in [-0.25, -0.2) is 4.79 Å². The third-order valence-corrected chi connectivity index (χ3v) is 2.86. The van der Waals surface area contributed by atoms with E-state index in [1.54, 1.807) is 16.8 Å². The number of rotatable bonds is 4. The van der Waals surface area contributed by atoms with Gasteiger partial charge in [0.15, 0.2) is 0 Å². The highest BCUT2D eigenvalue weighted by Crippen LogP contribution is 2.16. The number of aromatic nitrogens is 1. The Hall–Kier alpha value is -0.810. The molecule has 84 valence electrons. The minimum absolute atomic E-state index is 0.294. The lowest BCUT2D eigenvalue weighted by molar-refractivity contribution is 0.0683. The predicted octanol–water partition coefficient (Wildman–Crippen LogP) is 1.90. The minimum Gasteiger partial charge on any atom is -0.477 e. The van der Waals surface area contributed by atoms with Crippen LogP contribution >= 0.6 is 15.9 Å². The Morgan fingerprint density at radius 2 is 2.27 bits per heavy atom. The zero-order chi connectivity index (χ0) is 11.6. The van der Waals surface area contributed by atoms with Gasteiger partial charge in [0.1, 0.15) is 5.69 Å². The Morgan fingerprint density at radius 3 is 2.73 bits per heavy atom. The van der Waals surface area contributed by atoms with Crippen LogP contribution in [0.2, 0.25) is 0 Å². The molecule has 1 rings (SSSR count). The molecule has 0 aromatic carbocycles. The smallest absolute Gasteiger partial charge is 0.352 e. The van der Waals surface area contributed by atoms with Crippen LogP contribution in [0.3, 0.4) is 0 Å². The number of nitrogens with zero attached hydrogens (tertiary/aromatic N) is 2. The maximum atomic E-state index is 10.9. The van der Waals surface area contributed by atoms with Gasteiger partial charge < -0.3 is 14.6 Å². The molecule has 5 heteroatoms. The number of carboxylic acids is 1. The number of likely N-dealkylation sites (N-methyl/N-ethyl adjacent to an activating group) is 1. The van der Waals surface area contributed by atoms with Crippen molar-refractivity contribution < 1.29 is 9.90 Å². The zero-order valence-electron chi connectivity index (χ0n) is 9.07. The molecule has 0 saturated carbocycles. The molecule has 0 aliphatic carbocycles. The summed E-state index contributed by atoms with van der Waals surface area (Å²) in [6, 6.07) is 1.91. The normalized spacial score (nSPS) is 13.1. The maximum absolute atomic E-state index is 10.9. The first-order valence-electron chi connectivity index (χ1n) is 4.67. The molecule has 15 heavy (non-hydrogen) atoms. The van der Waals surface area contributed by atoms with Crippen LogP contribution < -0.4 is 0 Å². The van der Waals surface area contributed by atoms with Crippen LogP contribution in [0.4, 0.5) is 0 Å². The Labute approximate surface area is 97.6 Å². The maximum Gasteiger partial charge on any atom is 0.352 e. The zero-order valence-corrected chi connectivity index (χ0v) is 10.7. The molecular formula is C10H15BrN2O2. The van der Waals surface area contributed by atoms with Crippen molar-refractivity contribution in [1.29, 1.82) is 0 Å². The van der Waals surface area contributed by atoms with E-state index in [4.69, 9.17) is 5.11 Å². The van der Waals surface area contributed by atoms with E-state index in [1.165, 1.54) is 0 Å². The summed E-state index contributed by atoms with van der Waals surface area (Å²) in [6.07, 6.45) is 1.80. The number of aromatic carboxylic acids is 1. The van der Waals surface area contributed by atoms with Crippen LogP contribution in [0, 0.1) is 0 Å². The Balaban J connectivity index is 2.89. The first-order valence-corrected chi connectivity index (χ1v) is 5.46. The number of hydrogen-bond acceptors (Lipinski definition) is 2. The molecule has 0 amide bonds. The van der Waals surface area contributed by atoms with Gasteiger partial charge in [-0.05, 0) is 43.0 Å². The second-order valence-corrected chi connectivity index (χ2v) is 4.73. The van der Waals surface area contributed by atoms with Gasteiger partial charge in [0, 0.05) is 23.3 Å². The fourth-order valence-corrected chi connectivity index (χ4v) is 1.72. The molecule has 1 atom stereocenters. The van der Waals surface area contributed by atoms with Gasteiger partial charge >= 0.3 is 5.97 Å². The second-order valence-electron chi connectivity index (χ2n) is 3.81. The van der Waals surface area contributed by atoms with Gasteiger partial charge in [0.2, 0.25) is 0 Å². The Morgan fingerprint density at radius 1 is 1.67 bits per heavy atom. The highest BCUT2D eigenvalue weighted by molar-refractivity contribution is 9.10. The van der Waals surface area contributed by atoms with E-state index in [-0.39, 0.29) is 0 Å². The quantitative estimate of drug-likeness (QED) is 0.912. The highest BCUT2D eigenvalue weighted by Gasteiger charge is 2.14. The van der Waals surface area contributed by atoms with Crippen LogP contribution in [-0.4, -0.2) is 40.7 Å². The molecule has 0 fully saturated rings. The molecule has 1 unspecified atom stereocenters. The monoisotopic (exact) mass is 274 g/mol. The van der Waals surface area contributed by atoms with Crippen molar-refractivity contribution in [2.45, 2.75) is 19.5 Å². The summed E-state index contributed by atoms with van der Waals surface area (Å²) in [5.41, 5.74) is 0.315. The highest BCUT2D eigenvalue weighted by atomic mass is 79.9. The topological polar surface area (TPSA) is 45.5 Å². The van der Waals surface area contributed by atoms with E-state index >= 15 is 0 Å². The van der Waals surface area contributed by atoms with E-state index < -0.39 is 5.97 Å². The van der Waals surface area contributed by atoms with Crippen molar-refractivity contribution in [2.75, 3.05) is 14.1 Å². The second kappa shape index (κ2) is 4.81. The van der Waals surface area contributed by atoms with Crippen molar-refractivity contribution in [3.05, 3.63) is 22.4 Å². The Bertz CT molecular complexity index is 360. The molecule has 0 aliphatic heterocycles. The average Bonchev–Trinajstić information content (AvgIpc) is 2.46. The van der Waals surface area contributed by atoms with E-state index in [0.717, 1.165) is 4.47 Å². The number of carboxylic acid groups (broad SMARTS) is 1. The molecule has 0 spiro atoms. The summed E-state index contributed by atoms with van der Waals surface area (Å²) in [4.78, 5) is 13.0. The third kappa shape index (κ3) is 3.07. The third-order valence-electron chi connectivity index (χ3n) is 2.42. The fourth-order valence-electron chi connectivity index (χ4n) is 1.25. The minimum atomic E-state index is -0.897. The van der Waals surface area contributed by atoms with Crippen molar-refractivity contribution >= 4 is 21.9 Å². The fraction of sp³-hybridized carbons (Fsp3) is 0.500. The lowest BCUT2D eigenvalue weighted by Gasteiger charge is -2.20. The molecule has 1 aromatic rings. The number of carbonyl (C=O) groups is 1. The number of halogens is 1. The van der Waals surface area contributed by atoms with E-state index in [9.17, 15) is 4.79 Å². The average molecular weight is 275 g/mol. The summed E-state index contributed by atoms with van der Waals surface area (Å²) in [5, 5.41) is 8.98. The van der Waals surface area contributed by atoms with Crippen molar-refractivity contribution in [3.8, 4) is 0 Å². The molecule has 0 radical (unpaired) electrons. The molecule has 4 nitrogen and oxygen atoms in total. The van der Waals surface area contributed by atoms with E-state index in [0.29, 0.717) is 18.3 Å². The lowest BCUT2D eigenvalue weighted by atomic mass is 10.3. The molecular weight excluding hydrogens is 260 g/mol. The summed E-state index contributed by atoms with van der Waals surface area (Å²) in [5.74, 6) is -0.897. The molecule has 0 bridgehead atoms. The largest absolute Gasteiger partial charge is 0.477 e. The molecule has 0 aliphatic rings. The lowest BCUT2D eigenvalue weighted by Crippen LogP contribution is -2.30. The summed E-state index contributed by atoms with van der Waals surface area (Å²) in [6.45, 7) is 2.72. The van der Waals surface area contributed by atoms with Crippen molar-refractivity contribution in [2.24, 2.45) is 0 Å². The van der Waals surface area contributed by atoms with Gasteiger partial charge in [0.05, 0.1) is 0 Å². The van der Waals surface area contributed by atoms with Gasteiger partial charge in [-0.3, -0.25) is 0 Å². The van der Waals surface area contributed by atoms with Crippen LogP contribution in [-0.2, 0) is 6.54 Å². The summed E-state index contributed by atoms with van der Waals surface area (Å²) < 4.78 is 2.54. The van der Waals surface area contributed by atoms with Crippen LogP contribution in [0.25, 0.3) is 0 Å². The van der Waals surface area contributed by atoms with Crippen LogP contribution in [0.1, 0.15) is 17.4 Å². The molecule has 1 N–H and O–H groups in total. The summed E-state index contributed by atoms with van der Waals surface area (Å²) in [7, 11) is 3.95. The van der Waals surface area contributed by atoms with Gasteiger partial charge in [0.25, 0.3) is 0 Å². The van der Waals surface area contributed by atoms with Gasteiger partial charge in [-0.15, -0.1) is 0 Å². The first-order chi connectivity index (χ1) is 6.91. The Kier molecular flexibility index (Phi) is 3.93. The molecule has 1 heterocycles. The first kappa shape index (κ1) is 12.3. The number of hydrogen-bond donors (Lipinski definition) is 1. The van der Waals surface area contributed by atoms with Crippen LogP contribution in [0.5, 0.6) is 0 Å². The van der Waals surface area contributed by atoms with Crippen LogP contribution in [0.15, 0.2) is 16.7 Å². The standard InChI is InChI=1S/C10H15BrN2O2/c1-7(12(2)3)5-13-6-8(11)4-9(13)10(14)15/h4,6-7H,5H2,1-3H3,(H,14,15). The van der Waals surface area contributed by atoms with E-state index in [2.05, 4.69) is 27.8 Å². The van der Waals surface area contributed by atoms with Gasteiger partial charge in [-0.2, -0.15) is 0 Å². The predicted molar refractivity (Wildman–Crippen MR) is 62.2 cm³/mol. The molecule has 0 saturated heterocycles. The van der Waals surface area contributed by atoms with Crippen molar-refractivity contribution in [1.82, 2.24) is 9.47 Å². The molecule has 1 aromatic heterocycles. The summed E-state index contributed by atoms with van der Waals surface area (Å²) >= 11 is 3.28. The van der Waals surface area contributed by atoms with Crippen molar-refractivity contribution in [3.63, 3.8) is 0 Å².